The van der Waals surface area contributed by atoms with Gasteiger partial charge in [-0.15, -0.1) is 11.3 Å². The molecule has 2 rings (SSSR count). The van der Waals surface area contributed by atoms with E-state index in [2.05, 4.69) is 26.3 Å². The van der Waals surface area contributed by atoms with E-state index in [0.717, 1.165) is 15.6 Å². The Bertz CT molecular complexity index is 612. The molecule has 0 aliphatic heterocycles. The zero-order valence-corrected chi connectivity index (χ0v) is 12.7. The topological polar surface area (TPSA) is 50.9 Å². The van der Waals surface area contributed by atoms with Gasteiger partial charge in [0.1, 0.15) is 0 Å². The van der Waals surface area contributed by atoms with Gasteiger partial charge < -0.3 is 0 Å². The lowest BCUT2D eigenvalue weighted by Gasteiger charge is -2.15. The minimum Gasteiger partial charge on any atom is -0.271 e. The number of alkyl halides is 3. The standard InChI is InChI=1S/C12H11BrF3N3S/c1-6-4-7(2-3-8(6)13)10(19-17)9-5-18-11(20-9)12(14,15)16/h2-5,10,19H,17H2,1H3. The molecule has 108 valence electrons. The van der Waals surface area contributed by atoms with Crippen LogP contribution in [0.5, 0.6) is 0 Å². The lowest BCUT2D eigenvalue weighted by atomic mass is 10.0. The van der Waals surface area contributed by atoms with E-state index in [4.69, 9.17) is 5.84 Å². The van der Waals surface area contributed by atoms with Crippen LogP contribution in [0.25, 0.3) is 0 Å². The molecular weight excluding hydrogens is 355 g/mol. The van der Waals surface area contributed by atoms with Gasteiger partial charge in [0, 0.05) is 15.5 Å². The van der Waals surface area contributed by atoms with Crippen molar-refractivity contribution in [3.8, 4) is 0 Å². The monoisotopic (exact) mass is 365 g/mol. The summed E-state index contributed by atoms with van der Waals surface area (Å²) in [5.74, 6) is 5.48. The molecule has 2 aromatic rings. The average molecular weight is 366 g/mol. The number of hydrazine groups is 1. The highest BCUT2D eigenvalue weighted by molar-refractivity contribution is 9.10. The first kappa shape index (κ1) is 15.4. The number of aromatic nitrogens is 1. The summed E-state index contributed by atoms with van der Waals surface area (Å²) >= 11 is 3.96. The number of thiazole rings is 1. The highest BCUT2D eigenvalue weighted by Crippen LogP contribution is 2.36. The summed E-state index contributed by atoms with van der Waals surface area (Å²) in [4.78, 5) is 3.83. The molecule has 20 heavy (non-hydrogen) atoms. The van der Waals surface area contributed by atoms with E-state index in [0.29, 0.717) is 16.2 Å². The Morgan fingerprint density at radius 1 is 1.40 bits per heavy atom. The van der Waals surface area contributed by atoms with Gasteiger partial charge in [-0.25, -0.2) is 10.4 Å². The van der Waals surface area contributed by atoms with Gasteiger partial charge in [0.15, 0.2) is 5.01 Å². The summed E-state index contributed by atoms with van der Waals surface area (Å²) in [6, 6.07) is 4.98. The molecule has 0 aliphatic rings. The Morgan fingerprint density at radius 2 is 2.10 bits per heavy atom. The van der Waals surface area contributed by atoms with E-state index >= 15 is 0 Å². The predicted octanol–water partition coefficient (Wildman–Crippen LogP) is 3.79. The number of hydrogen-bond donors (Lipinski definition) is 2. The van der Waals surface area contributed by atoms with E-state index in [-0.39, 0.29) is 0 Å². The van der Waals surface area contributed by atoms with Crippen LogP contribution in [0, 0.1) is 6.92 Å². The van der Waals surface area contributed by atoms with Crippen LogP contribution in [0.4, 0.5) is 13.2 Å². The molecular formula is C12H11BrF3N3S. The molecule has 8 heteroatoms. The molecule has 1 aromatic carbocycles. The molecule has 0 radical (unpaired) electrons. The molecule has 0 saturated heterocycles. The zero-order valence-electron chi connectivity index (χ0n) is 10.3. The highest BCUT2D eigenvalue weighted by Gasteiger charge is 2.35. The Hall–Kier alpha value is -0.960. The maximum absolute atomic E-state index is 12.6. The molecule has 0 amide bonds. The summed E-state index contributed by atoms with van der Waals surface area (Å²) in [5.41, 5.74) is 4.29. The minimum absolute atomic E-state index is 0.418. The van der Waals surface area contributed by atoms with Crippen molar-refractivity contribution in [1.82, 2.24) is 10.4 Å². The molecule has 3 nitrogen and oxygen atoms in total. The predicted molar refractivity (Wildman–Crippen MR) is 75.2 cm³/mol. The zero-order chi connectivity index (χ0) is 14.9. The number of benzene rings is 1. The maximum atomic E-state index is 12.6. The van der Waals surface area contributed by atoms with Crippen LogP contribution in [-0.4, -0.2) is 4.98 Å². The molecule has 0 fully saturated rings. The fourth-order valence-electron chi connectivity index (χ4n) is 1.74. The fraction of sp³-hybridized carbons (Fsp3) is 0.250. The van der Waals surface area contributed by atoms with Gasteiger partial charge in [0.2, 0.25) is 0 Å². The van der Waals surface area contributed by atoms with Gasteiger partial charge in [0.25, 0.3) is 0 Å². The molecule has 1 atom stereocenters. The number of hydrogen-bond acceptors (Lipinski definition) is 4. The number of aryl methyl sites for hydroxylation is 1. The largest absolute Gasteiger partial charge is 0.443 e. The fourth-order valence-corrected chi connectivity index (χ4v) is 2.86. The Balaban J connectivity index is 2.37. The van der Waals surface area contributed by atoms with E-state index in [1.807, 2.05) is 19.1 Å². The molecule has 1 heterocycles. The quantitative estimate of drug-likeness (QED) is 0.642. The summed E-state index contributed by atoms with van der Waals surface area (Å²) in [6.45, 7) is 1.90. The van der Waals surface area contributed by atoms with Crippen LogP contribution in [0.1, 0.15) is 27.1 Å². The molecule has 0 saturated carbocycles. The molecule has 0 bridgehead atoms. The van der Waals surface area contributed by atoms with Crippen LogP contribution in [0.3, 0.4) is 0 Å². The Kier molecular flexibility index (Phi) is 4.48. The minimum atomic E-state index is -4.43. The number of nitrogens with one attached hydrogen (secondary N) is 1. The SMILES string of the molecule is Cc1cc(C(NN)c2cnc(C(F)(F)F)s2)ccc1Br. The summed E-state index contributed by atoms with van der Waals surface area (Å²) in [6.07, 6.45) is -3.23. The van der Waals surface area contributed by atoms with Crippen molar-refractivity contribution < 1.29 is 13.2 Å². The second-order valence-electron chi connectivity index (χ2n) is 4.17. The van der Waals surface area contributed by atoms with Gasteiger partial charge >= 0.3 is 6.18 Å². The van der Waals surface area contributed by atoms with Crippen LogP contribution < -0.4 is 11.3 Å². The maximum Gasteiger partial charge on any atom is 0.443 e. The summed E-state index contributed by atoms with van der Waals surface area (Å²) < 4.78 is 38.7. The van der Waals surface area contributed by atoms with Crippen LogP contribution in [0.2, 0.25) is 0 Å². The summed E-state index contributed by atoms with van der Waals surface area (Å²) in [7, 11) is 0. The van der Waals surface area contributed by atoms with Crippen LogP contribution >= 0.6 is 27.3 Å². The van der Waals surface area contributed by atoms with Gasteiger partial charge in [-0.2, -0.15) is 13.2 Å². The van der Waals surface area contributed by atoms with Crippen molar-refractivity contribution in [2.75, 3.05) is 0 Å². The van der Waals surface area contributed by atoms with Crippen LogP contribution in [-0.2, 0) is 6.18 Å². The smallest absolute Gasteiger partial charge is 0.271 e. The normalized spacial score (nSPS) is 13.5. The van der Waals surface area contributed by atoms with Crippen molar-refractivity contribution in [2.45, 2.75) is 19.1 Å². The molecule has 1 aromatic heterocycles. The Labute approximate surface area is 126 Å². The van der Waals surface area contributed by atoms with Gasteiger partial charge in [-0.1, -0.05) is 28.1 Å². The van der Waals surface area contributed by atoms with Gasteiger partial charge in [-0.05, 0) is 24.1 Å². The van der Waals surface area contributed by atoms with Crippen molar-refractivity contribution in [3.63, 3.8) is 0 Å². The Morgan fingerprint density at radius 3 is 2.60 bits per heavy atom. The first-order valence-corrected chi connectivity index (χ1v) is 7.19. The lowest BCUT2D eigenvalue weighted by Crippen LogP contribution is -2.28. The number of nitrogens with two attached hydrogens (primary N) is 1. The lowest BCUT2D eigenvalue weighted by molar-refractivity contribution is -0.137. The van der Waals surface area contributed by atoms with E-state index in [1.54, 1.807) is 6.07 Å². The molecule has 3 N–H and O–H groups in total. The second kappa shape index (κ2) is 5.80. The van der Waals surface area contributed by atoms with E-state index in [9.17, 15) is 13.2 Å². The van der Waals surface area contributed by atoms with E-state index < -0.39 is 17.2 Å². The first-order valence-electron chi connectivity index (χ1n) is 5.58. The number of halogens is 4. The number of rotatable bonds is 3. The first-order chi connectivity index (χ1) is 9.32. The molecule has 1 unspecified atom stereocenters. The summed E-state index contributed by atoms with van der Waals surface area (Å²) in [5, 5.41) is -0.874. The van der Waals surface area contributed by atoms with Crippen LogP contribution in [0.15, 0.2) is 28.9 Å². The van der Waals surface area contributed by atoms with Crippen molar-refractivity contribution >= 4 is 27.3 Å². The van der Waals surface area contributed by atoms with Crippen molar-refractivity contribution in [3.05, 3.63) is 49.9 Å². The van der Waals surface area contributed by atoms with E-state index in [1.165, 1.54) is 6.20 Å². The average Bonchev–Trinajstić information content (AvgIpc) is 2.84. The molecule has 0 spiro atoms. The van der Waals surface area contributed by atoms with Gasteiger partial charge in [0.05, 0.1) is 6.04 Å². The van der Waals surface area contributed by atoms with Crippen molar-refractivity contribution in [2.24, 2.45) is 5.84 Å². The van der Waals surface area contributed by atoms with Crippen molar-refractivity contribution in [1.29, 1.82) is 0 Å². The number of nitrogens with zero attached hydrogens (tertiary/aromatic N) is 1. The second-order valence-corrected chi connectivity index (χ2v) is 6.09. The third kappa shape index (κ3) is 3.20. The van der Waals surface area contributed by atoms with Gasteiger partial charge in [-0.3, -0.25) is 5.84 Å². The highest BCUT2D eigenvalue weighted by atomic mass is 79.9. The third-order valence-corrected chi connectivity index (χ3v) is 4.73. The third-order valence-electron chi connectivity index (χ3n) is 2.73. The molecule has 0 aliphatic carbocycles.